The summed E-state index contributed by atoms with van der Waals surface area (Å²) in [4.78, 5) is 24.0. The summed E-state index contributed by atoms with van der Waals surface area (Å²) >= 11 is 0.649. The SMILES string of the molecule is CCCC(=O)O[C@@H](C)C(=O)CS(=O)(=O)c1cc2c(s1)S(=O)(=O)N(CCCOC)C[C@@H]2NCC. The highest BCUT2D eigenvalue weighted by atomic mass is 32.3. The number of hydrogen-bond acceptors (Lipinski definition) is 10. The first-order valence-corrected chi connectivity index (χ1v) is 14.7. The fourth-order valence-corrected chi connectivity index (χ4v) is 8.69. The molecule has 1 aromatic heterocycles. The maximum atomic E-state index is 13.2. The Morgan fingerprint density at radius 1 is 1.33 bits per heavy atom. The quantitative estimate of drug-likeness (QED) is 0.301. The minimum absolute atomic E-state index is 0.0365. The summed E-state index contributed by atoms with van der Waals surface area (Å²) in [6.07, 6.45) is -0.0262. The van der Waals surface area contributed by atoms with Crippen molar-refractivity contribution >= 4 is 42.9 Å². The number of ether oxygens (including phenoxy) is 2. The second kappa shape index (κ2) is 11.8. The zero-order chi connectivity index (χ0) is 24.8. The Balaban J connectivity index is 2.30. The van der Waals surface area contributed by atoms with Gasteiger partial charge in [-0.2, -0.15) is 4.31 Å². The molecule has 0 amide bonds. The van der Waals surface area contributed by atoms with Gasteiger partial charge < -0.3 is 14.8 Å². The van der Waals surface area contributed by atoms with E-state index in [2.05, 4.69) is 5.32 Å². The molecule has 0 saturated heterocycles. The van der Waals surface area contributed by atoms with Crippen molar-refractivity contribution in [2.75, 3.05) is 39.1 Å². The second-order valence-corrected chi connectivity index (χ2v) is 13.1. The van der Waals surface area contributed by atoms with Gasteiger partial charge in [0.05, 0.1) is 0 Å². The largest absolute Gasteiger partial charge is 0.455 e. The number of esters is 1. The molecule has 1 N–H and O–H groups in total. The number of carbonyl (C=O) groups excluding carboxylic acids is 2. The highest BCUT2D eigenvalue weighted by Gasteiger charge is 2.40. The Morgan fingerprint density at radius 2 is 2.03 bits per heavy atom. The predicted octanol–water partition coefficient (Wildman–Crippen LogP) is 1.51. The van der Waals surface area contributed by atoms with E-state index < -0.39 is 43.5 Å². The van der Waals surface area contributed by atoms with Crippen LogP contribution in [0.15, 0.2) is 14.5 Å². The maximum Gasteiger partial charge on any atom is 0.306 e. The molecule has 0 aliphatic carbocycles. The highest BCUT2D eigenvalue weighted by Crippen LogP contribution is 2.40. The number of sulfonamides is 1. The first-order valence-electron chi connectivity index (χ1n) is 10.8. The summed E-state index contributed by atoms with van der Waals surface area (Å²) in [5, 5.41) is 3.21. The fourth-order valence-electron chi connectivity index (χ4n) is 3.40. The number of fused-ring (bicyclic) bond motifs is 1. The van der Waals surface area contributed by atoms with E-state index in [4.69, 9.17) is 9.47 Å². The molecule has 13 heteroatoms. The van der Waals surface area contributed by atoms with E-state index in [9.17, 15) is 26.4 Å². The van der Waals surface area contributed by atoms with Gasteiger partial charge in [0.25, 0.3) is 10.0 Å². The number of methoxy groups -OCH3 is 1. The predicted molar refractivity (Wildman–Crippen MR) is 124 cm³/mol. The lowest BCUT2D eigenvalue weighted by atomic mass is 10.1. The lowest BCUT2D eigenvalue weighted by Crippen LogP contribution is -2.43. The molecule has 0 bridgehead atoms. The van der Waals surface area contributed by atoms with E-state index in [1.54, 1.807) is 6.92 Å². The minimum atomic E-state index is -4.13. The number of nitrogens with zero attached hydrogens (tertiary/aromatic N) is 1. The number of sulfone groups is 1. The lowest BCUT2D eigenvalue weighted by molar-refractivity contribution is -0.153. The monoisotopic (exact) mass is 524 g/mol. The van der Waals surface area contributed by atoms with E-state index in [0.29, 0.717) is 42.9 Å². The number of nitrogens with one attached hydrogen (secondary N) is 1. The Labute approximate surface area is 199 Å². The van der Waals surface area contributed by atoms with Crippen LogP contribution >= 0.6 is 11.3 Å². The number of rotatable bonds is 13. The normalized spacial score (nSPS) is 19.1. The van der Waals surface area contributed by atoms with Crippen LogP contribution in [-0.2, 0) is 38.9 Å². The average molecular weight is 525 g/mol. The van der Waals surface area contributed by atoms with Crippen molar-refractivity contribution in [3.8, 4) is 0 Å². The van der Waals surface area contributed by atoms with Crippen molar-refractivity contribution in [2.24, 2.45) is 0 Å². The third-order valence-corrected chi connectivity index (χ3v) is 10.8. The molecule has 1 aliphatic heterocycles. The average Bonchev–Trinajstić information content (AvgIpc) is 3.19. The van der Waals surface area contributed by atoms with Crippen molar-refractivity contribution in [2.45, 2.75) is 60.6 Å². The summed E-state index contributed by atoms with van der Waals surface area (Å²) in [5.41, 5.74) is 0.387. The van der Waals surface area contributed by atoms with Gasteiger partial charge in [-0.1, -0.05) is 13.8 Å². The lowest BCUT2D eigenvalue weighted by Gasteiger charge is -2.32. The van der Waals surface area contributed by atoms with Gasteiger partial charge in [0.1, 0.15) is 14.2 Å². The molecule has 0 unspecified atom stereocenters. The van der Waals surface area contributed by atoms with E-state index >= 15 is 0 Å². The smallest absolute Gasteiger partial charge is 0.306 e. The molecule has 0 aromatic carbocycles. The van der Waals surface area contributed by atoms with Crippen LogP contribution < -0.4 is 5.32 Å². The van der Waals surface area contributed by atoms with E-state index in [-0.39, 0.29) is 34.0 Å². The molecule has 0 spiro atoms. The molecule has 33 heavy (non-hydrogen) atoms. The third-order valence-electron chi connectivity index (χ3n) is 5.10. The Kier molecular flexibility index (Phi) is 10.0. The van der Waals surface area contributed by atoms with Crippen LogP contribution in [0.4, 0.5) is 0 Å². The van der Waals surface area contributed by atoms with Crippen molar-refractivity contribution in [3.63, 3.8) is 0 Å². The topological polar surface area (TPSA) is 136 Å². The van der Waals surface area contributed by atoms with Crippen LogP contribution in [0.5, 0.6) is 0 Å². The van der Waals surface area contributed by atoms with Crippen LogP contribution in [0.3, 0.4) is 0 Å². The molecular weight excluding hydrogens is 492 g/mol. The van der Waals surface area contributed by atoms with Gasteiger partial charge >= 0.3 is 5.97 Å². The minimum Gasteiger partial charge on any atom is -0.455 e. The van der Waals surface area contributed by atoms with Crippen LogP contribution in [0.1, 0.15) is 51.6 Å². The maximum absolute atomic E-state index is 13.2. The number of hydrogen-bond donors (Lipinski definition) is 1. The van der Waals surface area contributed by atoms with Crippen molar-refractivity contribution < 1.29 is 35.9 Å². The molecule has 2 rings (SSSR count). The zero-order valence-corrected chi connectivity index (χ0v) is 21.8. The van der Waals surface area contributed by atoms with Gasteiger partial charge in [-0.25, -0.2) is 16.8 Å². The summed E-state index contributed by atoms with van der Waals surface area (Å²) in [7, 11) is -6.47. The first-order chi connectivity index (χ1) is 15.5. The molecule has 0 radical (unpaired) electrons. The van der Waals surface area contributed by atoms with Crippen LogP contribution in [0.25, 0.3) is 0 Å². The van der Waals surface area contributed by atoms with Crippen LogP contribution in [0.2, 0.25) is 0 Å². The zero-order valence-electron chi connectivity index (χ0n) is 19.3. The van der Waals surface area contributed by atoms with Gasteiger partial charge in [0, 0.05) is 44.8 Å². The van der Waals surface area contributed by atoms with Crippen LogP contribution in [-0.4, -0.2) is 78.1 Å². The molecule has 2 atom stereocenters. The van der Waals surface area contributed by atoms with Gasteiger partial charge in [0.15, 0.2) is 21.7 Å². The first kappa shape index (κ1) is 27.9. The number of carbonyl (C=O) groups is 2. The number of ketones is 1. The fraction of sp³-hybridized carbons (Fsp3) is 0.700. The van der Waals surface area contributed by atoms with E-state index in [0.717, 1.165) is 0 Å². The Bertz CT molecular complexity index is 1050. The highest BCUT2D eigenvalue weighted by molar-refractivity contribution is 7.95. The molecule has 1 aliphatic rings. The summed E-state index contributed by atoms with van der Waals surface area (Å²) < 4.78 is 63.3. The molecule has 1 aromatic rings. The van der Waals surface area contributed by atoms with Gasteiger partial charge in [-0.3, -0.25) is 9.59 Å². The molecule has 2 heterocycles. The van der Waals surface area contributed by atoms with Gasteiger partial charge in [-0.15, -0.1) is 11.3 Å². The van der Waals surface area contributed by atoms with Gasteiger partial charge in [0.2, 0.25) is 0 Å². The molecule has 0 saturated carbocycles. The number of thiophene rings is 1. The molecule has 188 valence electrons. The van der Waals surface area contributed by atoms with E-state index in [1.807, 2.05) is 6.92 Å². The Morgan fingerprint density at radius 3 is 2.64 bits per heavy atom. The Hall–Kier alpha value is -1.38. The number of likely N-dealkylation sites (N-methyl/N-ethyl adjacent to an activating group) is 1. The van der Waals surface area contributed by atoms with Crippen molar-refractivity contribution in [3.05, 3.63) is 11.6 Å². The summed E-state index contributed by atoms with van der Waals surface area (Å²) in [5.74, 6) is -2.22. The standard InChI is InChI=1S/C20H32N2O8S3/c1-5-8-18(24)30-14(3)17(23)13-32(25,26)19-11-15-16(21-6-2)12-22(9-7-10-29-4)33(27,28)20(15)31-19/h11,14,16,21H,5-10,12-13H2,1-4H3/t14-,16-/m0/s1. The third kappa shape index (κ3) is 6.83. The van der Waals surface area contributed by atoms with Crippen molar-refractivity contribution in [1.29, 1.82) is 0 Å². The van der Waals surface area contributed by atoms with E-state index in [1.165, 1.54) is 24.4 Å². The number of Topliss-reactive ketones (excluding diaryl/α,β-unsaturated/α-hetero) is 1. The van der Waals surface area contributed by atoms with Crippen LogP contribution in [0, 0.1) is 0 Å². The van der Waals surface area contributed by atoms with Crippen molar-refractivity contribution in [1.82, 2.24) is 9.62 Å². The van der Waals surface area contributed by atoms with Gasteiger partial charge in [-0.05, 0) is 32.4 Å². The molecule has 0 fully saturated rings. The molecular formula is C20H32N2O8S3. The summed E-state index contributed by atoms with van der Waals surface area (Å²) in [6.45, 7) is 6.37. The molecule has 10 nitrogen and oxygen atoms in total. The second-order valence-electron chi connectivity index (χ2n) is 7.74. The summed E-state index contributed by atoms with van der Waals surface area (Å²) in [6, 6.07) is 0.967.